The Morgan fingerprint density at radius 3 is 2.75 bits per heavy atom. The van der Waals surface area contributed by atoms with Crippen LogP contribution in [0.3, 0.4) is 0 Å². The number of H-pyrrole nitrogens is 1. The van der Waals surface area contributed by atoms with Gasteiger partial charge in [0.05, 0.1) is 5.52 Å². The molecule has 1 atom stereocenters. The third kappa shape index (κ3) is 1.69. The number of imidazole rings is 1. The average Bonchev–Trinajstić information content (AvgIpc) is 2.71. The first-order chi connectivity index (χ1) is 7.59. The monoisotopic (exact) mass is 218 g/mol. The zero-order valence-electron chi connectivity index (χ0n) is 10.0. The van der Waals surface area contributed by atoms with Crippen LogP contribution in [0.1, 0.15) is 31.8 Å². The van der Waals surface area contributed by atoms with Gasteiger partial charge in [-0.2, -0.15) is 0 Å². The maximum atomic E-state index is 5.82. The summed E-state index contributed by atoms with van der Waals surface area (Å²) in [6, 6.07) is 4.00. The highest BCUT2D eigenvalue weighted by Crippen LogP contribution is 2.25. The Kier molecular flexibility index (Phi) is 2.68. The summed E-state index contributed by atoms with van der Waals surface area (Å²) in [6.07, 6.45) is 0.961. The van der Waals surface area contributed by atoms with Gasteiger partial charge in [0, 0.05) is 17.7 Å². The van der Waals surface area contributed by atoms with Crippen molar-refractivity contribution >= 4 is 11.2 Å². The standard InChI is InChI=1S/C12H18N4/c1-4-12(3,7-13)11-15-9-6-5-8(2)14-10(9)16-11/h5-6H,4,7,13H2,1-3H3,(H,14,15,16). The zero-order valence-corrected chi connectivity index (χ0v) is 10.0. The second-order valence-electron chi connectivity index (χ2n) is 4.53. The minimum Gasteiger partial charge on any atom is -0.340 e. The van der Waals surface area contributed by atoms with E-state index >= 15 is 0 Å². The molecule has 0 spiro atoms. The lowest BCUT2D eigenvalue weighted by Crippen LogP contribution is -2.32. The lowest BCUT2D eigenvalue weighted by atomic mass is 9.87. The molecule has 0 fully saturated rings. The van der Waals surface area contributed by atoms with Gasteiger partial charge in [-0.1, -0.05) is 13.8 Å². The summed E-state index contributed by atoms with van der Waals surface area (Å²) < 4.78 is 0. The van der Waals surface area contributed by atoms with Gasteiger partial charge in [0.15, 0.2) is 5.65 Å². The Bertz CT molecular complexity index is 497. The molecular formula is C12H18N4. The number of rotatable bonds is 3. The van der Waals surface area contributed by atoms with E-state index in [4.69, 9.17) is 5.73 Å². The van der Waals surface area contributed by atoms with Crippen molar-refractivity contribution in [2.45, 2.75) is 32.6 Å². The zero-order chi connectivity index (χ0) is 11.8. The van der Waals surface area contributed by atoms with Crippen LogP contribution in [0.2, 0.25) is 0 Å². The molecule has 2 aromatic heterocycles. The molecule has 0 aliphatic rings. The van der Waals surface area contributed by atoms with Crippen LogP contribution >= 0.6 is 0 Å². The molecule has 0 aliphatic heterocycles. The van der Waals surface area contributed by atoms with E-state index in [0.29, 0.717) is 6.54 Å². The van der Waals surface area contributed by atoms with Gasteiger partial charge in [-0.3, -0.25) is 0 Å². The number of nitrogens with one attached hydrogen (secondary N) is 1. The number of aromatic nitrogens is 3. The Morgan fingerprint density at radius 2 is 2.12 bits per heavy atom. The van der Waals surface area contributed by atoms with E-state index in [1.807, 2.05) is 19.1 Å². The largest absolute Gasteiger partial charge is 0.340 e. The molecule has 2 aromatic rings. The molecule has 4 heteroatoms. The smallest absolute Gasteiger partial charge is 0.177 e. The maximum absolute atomic E-state index is 5.82. The van der Waals surface area contributed by atoms with Crippen LogP contribution in [0.4, 0.5) is 0 Å². The summed E-state index contributed by atoms with van der Waals surface area (Å²) >= 11 is 0. The van der Waals surface area contributed by atoms with E-state index in [9.17, 15) is 0 Å². The summed E-state index contributed by atoms with van der Waals surface area (Å²) in [6.45, 7) is 6.80. The highest BCUT2D eigenvalue weighted by atomic mass is 15.0. The highest BCUT2D eigenvalue weighted by Gasteiger charge is 2.26. The second kappa shape index (κ2) is 3.87. The van der Waals surface area contributed by atoms with Crippen molar-refractivity contribution in [2.75, 3.05) is 6.54 Å². The number of hydrogen-bond acceptors (Lipinski definition) is 3. The molecule has 2 heterocycles. The third-order valence-corrected chi connectivity index (χ3v) is 3.29. The van der Waals surface area contributed by atoms with Crippen molar-refractivity contribution in [1.29, 1.82) is 0 Å². The van der Waals surface area contributed by atoms with E-state index in [0.717, 1.165) is 29.1 Å². The van der Waals surface area contributed by atoms with Gasteiger partial charge in [0.25, 0.3) is 0 Å². The highest BCUT2D eigenvalue weighted by molar-refractivity contribution is 5.70. The van der Waals surface area contributed by atoms with Gasteiger partial charge in [0.2, 0.25) is 0 Å². The van der Waals surface area contributed by atoms with Crippen LogP contribution in [0.5, 0.6) is 0 Å². The molecule has 0 bridgehead atoms. The Morgan fingerprint density at radius 1 is 1.38 bits per heavy atom. The van der Waals surface area contributed by atoms with Gasteiger partial charge in [-0.15, -0.1) is 0 Å². The van der Waals surface area contributed by atoms with Gasteiger partial charge in [-0.05, 0) is 25.5 Å². The minimum absolute atomic E-state index is 0.0887. The Labute approximate surface area is 95.3 Å². The first-order valence-corrected chi connectivity index (χ1v) is 5.63. The predicted octanol–water partition coefficient (Wildman–Crippen LogP) is 1.89. The first kappa shape index (κ1) is 11.1. The lowest BCUT2D eigenvalue weighted by Gasteiger charge is -2.23. The lowest BCUT2D eigenvalue weighted by molar-refractivity contribution is 0.443. The average molecular weight is 218 g/mol. The molecule has 0 amide bonds. The van der Waals surface area contributed by atoms with Crippen molar-refractivity contribution in [2.24, 2.45) is 5.73 Å². The van der Waals surface area contributed by atoms with Gasteiger partial charge in [-0.25, -0.2) is 9.97 Å². The van der Waals surface area contributed by atoms with Crippen LogP contribution in [-0.2, 0) is 5.41 Å². The summed E-state index contributed by atoms with van der Waals surface area (Å²) in [4.78, 5) is 12.2. The number of pyridine rings is 1. The van der Waals surface area contributed by atoms with E-state index in [-0.39, 0.29) is 5.41 Å². The topological polar surface area (TPSA) is 67.6 Å². The summed E-state index contributed by atoms with van der Waals surface area (Å²) in [5, 5.41) is 0. The molecule has 16 heavy (non-hydrogen) atoms. The van der Waals surface area contributed by atoms with Crippen molar-refractivity contribution in [3.8, 4) is 0 Å². The van der Waals surface area contributed by atoms with Gasteiger partial charge in [0.1, 0.15) is 5.82 Å². The molecule has 4 nitrogen and oxygen atoms in total. The van der Waals surface area contributed by atoms with Crippen molar-refractivity contribution < 1.29 is 0 Å². The number of aromatic amines is 1. The second-order valence-corrected chi connectivity index (χ2v) is 4.53. The SMILES string of the molecule is CCC(C)(CN)c1nc2nc(C)ccc2[nH]1. The Balaban J connectivity index is 2.54. The molecule has 86 valence electrons. The Hall–Kier alpha value is -1.42. The summed E-state index contributed by atoms with van der Waals surface area (Å²) in [5.41, 5.74) is 8.48. The molecule has 0 saturated carbocycles. The molecule has 0 radical (unpaired) electrons. The van der Waals surface area contributed by atoms with Crippen molar-refractivity contribution in [3.63, 3.8) is 0 Å². The van der Waals surface area contributed by atoms with Crippen LogP contribution in [0.15, 0.2) is 12.1 Å². The number of nitrogens with zero attached hydrogens (tertiary/aromatic N) is 2. The molecule has 0 aromatic carbocycles. The molecular weight excluding hydrogens is 200 g/mol. The molecule has 0 saturated heterocycles. The number of fused-ring (bicyclic) bond motifs is 1. The fourth-order valence-electron chi connectivity index (χ4n) is 1.68. The quantitative estimate of drug-likeness (QED) is 0.826. The molecule has 2 rings (SSSR count). The summed E-state index contributed by atoms with van der Waals surface area (Å²) in [7, 11) is 0. The van der Waals surface area contributed by atoms with Gasteiger partial charge >= 0.3 is 0 Å². The fraction of sp³-hybridized carbons (Fsp3) is 0.500. The summed E-state index contributed by atoms with van der Waals surface area (Å²) in [5.74, 6) is 0.936. The number of hydrogen-bond donors (Lipinski definition) is 2. The van der Waals surface area contributed by atoms with E-state index in [1.54, 1.807) is 0 Å². The van der Waals surface area contributed by atoms with E-state index < -0.39 is 0 Å². The minimum atomic E-state index is -0.0887. The molecule has 3 N–H and O–H groups in total. The van der Waals surface area contributed by atoms with Gasteiger partial charge < -0.3 is 10.7 Å². The van der Waals surface area contributed by atoms with Crippen LogP contribution in [0.25, 0.3) is 11.2 Å². The van der Waals surface area contributed by atoms with Crippen LogP contribution in [0, 0.1) is 6.92 Å². The molecule has 1 unspecified atom stereocenters. The normalized spacial score (nSPS) is 15.2. The van der Waals surface area contributed by atoms with E-state index in [2.05, 4.69) is 28.8 Å². The first-order valence-electron chi connectivity index (χ1n) is 5.63. The van der Waals surface area contributed by atoms with Crippen molar-refractivity contribution in [1.82, 2.24) is 15.0 Å². The molecule has 0 aliphatic carbocycles. The third-order valence-electron chi connectivity index (χ3n) is 3.29. The maximum Gasteiger partial charge on any atom is 0.177 e. The van der Waals surface area contributed by atoms with Crippen LogP contribution < -0.4 is 5.73 Å². The van der Waals surface area contributed by atoms with Crippen molar-refractivity contribution in [3.05, 3.63) is 23.7 Å². The van der Waals surface area contributed by atoms with E-state index in [1.165, 1.54) is 0 Å². The predicted molar refractivity (Wildman–Crippen MR) is 65.3 cm³/mol. The number of aryl methyl sites for hydroxylation is 1. The van der Waals surface area contributed by atoms with Crippen LogP contribution in [-0.4, -0.2) is 21.5 Å². The fourth-order valence-corrected chi connectivity index (χ4v) is 1.68. The number of nitrogens with two attached hydrogens (primary N) is 1.